The maximum Gasteiger partial charge on any atom is 0.243 e. The molecular formula is C15H22ClNO2S. The Morgan fingerprint density at radius 3 is 2.45 bits per heavy atom. The first-order chi connectivity index (χ1) is 9.35. The first-order valence-electron chi connectivity index (χ1n) is 7.00. The van der Waals surface area contributed by atoms with Crippen LogP contribution in [0, 0.1) is 5.41 Å². The molecule has 0 unspecified atom stereocenters. The molecule has 0 spiro atoms. The number of halogens is 1. The summed E-state index contributed by atoms with van der Waals surface area (Å²) in [6.07, 6.45) is 2.77. The van der Waals surface area contributed by atoms with Crippen LogP contribution in [0.25, 0.3) is 0 Å². The molecule has 0 N–H and O–H groups in total. The molecule has 112 valence electrons. The van der Waals surface area contributed by atoms with E-state index >= 15 is 0 Å². The predicted molar refractivity (Wildman–Crippen MR) is 82.6 cm³/mol. The summed E-state index contributed by atoms with van der Waals surface area (Å²) in [4.78, 5) is 0.383. The molecule has 1 aromatic rings. The van der Waals surface area contributed by atoms with Crippen LogP contribution in [0.3, 0.4) is 0 Å². The van der Waals surface area contributed by atoms with Gasteiger partial charge in [-0.3, -0.25) is 0 Å². The van der Waals surface area contributed by atoms with Gasteiger partial charge in [0.1, 0.15) is 0 Å². The molecule has 1 aliphatic heterocycles. The van der Waals surface area contributed by atoms with Gasteiger partial charge in [-0.1, -0.05) is 26.0 Å². The van der Waals surface area contributed by atoms with E-state index in [1.54, 1.807) is 16.4 Å². The van der Waals surface area contributed by atoms with Gasteiger partial charge in [0.2, 0.25) is 10.0 Å². The topological polar surface area (TPSA) is 37.4 Å². The van der Waals surface area contributed by atoms with Crippen molar-refractivity contribution in [3.63, 3.8) is 0 Å². The van der Waals surface area contributed by atoms with Gasteiger partial charge < -0.3 is 0 Å². The van der Waals surface area contributed by atoms with Crippen LogP contribution < -0.4 is 0 Å². The third-order valence-corrected chi connectivity index (χ3v) is 5.86. The van der Waals surface area contributed by atoms with Crippen molar-refractivity contribution in [1.29, 1.82) is 0 Å². The molecule has 0 bridgehead atoms. The summed E-state index contributed by atoms with van der Waals surface area (Å²) in [5, 5.41) is 0. The monoisotopic (exact) mass is 315 g/mol. The highest BCUT2D eigenvalue weighted by Gasteiger charge is 2.33. The average Bonchev–Trinajstić information content (AvgIpc) is 2.38. The minimum absolute atomic E-state index is 0.0594. The van der Waals surface area contributed by atoms with E-state index in [4.69, 9.17) is 11.6 Å². The smallest absolute Gasteiger partial charge is 0.207 e. The quantitative estimate of drug-likeness (QED) is 0.800. The second kappa shape index (κ2) is 6.04. The molecule has 0 amide bonds. The van der Waals surface area contributed by atoms with Crippen LogP contribution in [0.2, 0.25) is 0 Å². The summed E-state index contributed by atoms with van der Waals surface area (Å²) in [6, 6.07) is 7.09. The van der Waals surface area contributed by atoms with E-state index in [0.29, 0.717) is 23.9 Å². The molecule has 0 saturated carbocycles. The van der Waals surface area contributed by atoms with E-state index in [2.05, 4.69) is 13.8 Å². The van der Waals surface area contributed by atoms with Gasteiger partial charge in [0.25, 0.3) is 0 Å². The molecular weight excluding hydrogens is 294 g/mol. The minimum atomic E-state index is -3.36. The fraction of sp³-hybridized carbons (Fsp3) is 0.600. The molecule has 5 heteroatoms. The number of alkyl halides is 1. The van der Waals surface area contributed by atoms with Gasteiger partial charge in [-0.15, -0.1) is 11.6 Å². The largest absolute Gasteiger partial charge is 0.243 e. The zero-order chi connectivity index (χ0) is 14.8. The number of rotatable bonds is 4. The van der Waals surface area contributed by atoms with Gasteiger partial charge in [0.15, 0.2) is 0 Å². The first-order valence-corrected chi connectivity index (χ1v) is 8.98. The lowest BCUT2D eigenvalue weighted by atomic mass is 9.85. The van der Waals surface area contributed by atoms with Crippen LogP contribution in [0.1, 0.15) is 32.3 Å². The summed E-state index contributed by atoms with van der Waals surface area (Å²) in [6.45, 7) is 5.46. The summed E-state index contributed by atoms with van der Waals surface area (Å²) in [7, 11) is -3.36. The summed E-state index contributed by atoms with van der Waals surface area (Å²) in [5.74, 6) is 0.548. The van der Waals surface area contributed by atoms with Crippen LogP contribution in [0.15, 0.2) is 29.2 Å². The second-order valence-electron chi connectivity index (χ2n) is 6.19. The minimum Gasteiger partial charge on any atom is -0.207 e. The molecule has 1 fully saturated rings. The maximum absolute atomic E-state index is 12.6. The van der Waals surface area contributed by atoms with Crippen LogP contribution in [0.4, 0.5) is 0 Å². The van der Waals surface area contributed by atoms with Crippen molar-refractivity contribution in [2.45, 2.75) is 38.0 Å². The first kappa shape index (κ1) is 15.8. The molecule has 1 saturated heterocycles. The number of nitrogens with zero attached hydrogens (tertiary/aromatic N) is 1. The van der Waals surface area contributed by atoms with Crippen molar-refractivity contribution in [3.05, 3.63) is 29.8 Å². The molecule has 0 aliphatic carbocycles. The van der Waals surface area contributed by atoms with Crippen molar-refractivity contribution in [3.8, 4) is 0 Å². The predicted octanol–water partition coefficient (Wildman–Crippen LogP) is 3.28. The highest BCUT2D eigenvalue weighted by atomic mass is 35.5. The summed E-state index contributed by atoms with van der Waals surface area (Å²) >= 11 is 5.69. The molecule has 0 radical (unpaired) electrons. The number of piperidine rings is 1. The third-order valence-electron chi connectivity index (χ3n) is 3.81. The fourth-order valence-corrected chi connectivity index (χ4v) is 4.55. The zero-order valence-electron chi connectivity index (χ0n) is 12.1. The second-order valence-corrected chi connectivity index (χ2v) is 8.51. The van der Waals surface area contributed by atoms with Gasteiger partial charge in [-0.05, 0) is 42.4 Å². The highest BCUT2D eigenvalue weighted by Crippen LogP contribution is 2.31. The third kappa shape index (κ3) is 3.54. The summed E-state index contributed by atoms with van der Waals surface area (Å²) < 4.78 is 26.9. The Kier molecular flexibility index (Phi) is 4.77. The van der Waals surface area contributed by atoms with E-state index in [1.165, 1.54) is 0 Å². The van der Waals surface area contributed by atoms with Crippen LogP contribution in [-0.4, -0.2) is 31.7 Å². The standard InChI is InChI=1S/C15H22ClNO2S/c1-15(2)9-3-11-17(12-15)20(18,19)14-6-4-13(5-7-14)8-10-16/h4-7H,3,8-12H2,1-2H3. The van der Waals surface area contributed by atoms with Crippen LogP contribution in [0.5, 0.6) is 0 Å². The van der Waals surface area contributed by atoms with Gasteiger partial charge in [0, 0.05) is 19.0 Å². The van der Waals surface area contributed by atoms with Gasteiger partial charge in [-0.25, -0.2) is 8.42 Å². The maximum atomic E-state index is 12.6. The van der Waals surface area contributed by atoms with E-state index in [1.807, 2.05) is 12.1 Å². The zero-order valence-corrected chi connectivity index (χ0v) is 13.7. The fourth-order valence-electron chi connectivity index (χ4n) is 2.66. The van der Waals surface area contributed by atoms with Crippen LogP contribution in [-0.2, 0) is 16.4 Å². The molecule has 1 aliphatic rings. The Hall–Kier alpha value is -0.580. The molecule has 1 heterocycles. The Morgan fingerprint density at radius 1 is 1.25 bits per heavy atom. The number of sulfonamides is 1. The van der Waals surface area contributed by atoms with Crippen molar-refractivity contribution in [2.24, 2.45) is 5.41 Å². The lowest BCUT2D eigenvalue weighted by molar-refractivity contribution is 0.187. The van der Waals surface area contributed by atoms with Crippen molar-refractivity contribution < 1.29 is 8.42 Å². The van der Waals surface area contributed by atoms with Crippen molar-refractivity contribution >= 4 is 21.6 Å². The van der Waals surface area contributed by atoms with E-state index in [9.17, 15) is 8.42 Å². The van der Waals surface area contributed by atoms with Crippen molar-refractivity contribution in [1.82, 2.24) is 4.31 Å². The SMILES string of the molecule is CC1(C)CCCN(S(=O)(=O)c2ccc(CCCl)cc2)C1. The van der Waals surface area contributed by atoms with Gasteiger partial charge >= 0.3 is 0 Å². The average molecular weight is 316 g/mol. The number of benzene rings is 1. The van der Waals surface area contributed by atoms with E-state index in [-0.39, 0.29) is 5.41 Å². The number of hydrogen-bond donors (Lipinski definition) is 0. The van der Waals surface area contributed by atoms with E-state index in [0.717, 1.165) is 24.8 Å². The molecule has 3 nitrogen and oxygen atoms in total. The van der Waals surface area contributed by atoms with Gasteiger partial charge in [0.05, 0.1) is 4.90 Å². The highest BCUT2D eigenvalue weighted by molar-refractivity contribution is 7.89. The van der Waals surface area contributed by atoms with Crippen LogP contribution >= 0.6 is 11.6 Å². The Morgan fingerprint density at radius 2 is 1.90 bits per heavy atom. The Labute approximate surface area is 127 Å². The lowest BCUT2D eigenvalue weighted by Gasteiger charge is -2.37. The van der Waals surface area contributed by atoms with Crippen molar-refractivity contribution in [2.75, 3.05) is 19.0 Å². The van der Waals surface area contributed by atoms with E-state index < -0.39 is 10.0 Å². The normalized spacial score (nSPS) is 19.9. The number of hydrogen-bond acceptors (Lipinski definition) is 2. The molecule has 0 atom stereocenters. The Balaban J connectivity index is 2.21. The molecule has 20 heavy (non-hydrogen) atoms. The lowest BCUT2D eigenvalue weighted by Crippen LogP contribution is -2.43. The van der Waals surface area contributed by atoms with Gasteiger partial charge in [-0.2, -0.15) is 4.31 Å². The molecule has 0 aromatic heterocycles. The molecule has 2 rings (SSSR count). The molecule has 1 aromatic carbocycles. The summed E-state index contributed by atoms with van der Waals surface area (Å²) in [5.41, 5.74) is 1.13. The Bertz CT molecular complexity index is 552. The number of aryl methyl sites for hydroxylation is 1.